The average Bonchev–Trinajstić information content (AvgIpc) is 3.15. The number of para-hydroxylation sites is 2. The number of methoxy groups -OCH3 is 1. The topological polar surface area (TPSA) is 60.5 Å². The minimum Gasteiger partial charge on any atom is -0.493 e. The summed E-state index contributed by atoms with van der Waals surface area (Å²) in [6, 6.07) is 13.3. The van der Waals surface area contributed by atoms with E-state index < -0.39 is 0 Å². The largest absolute Gasteiger partial charge is 0.493 e. The predicted octanol–water partition coefficient (Wildman–Crippen LogP) is 3.80. The van der Waals surface area contributed by atoms with Crippen molar-refractivity contribution in [2.75, 3.05) is 7.11 Å². The molecule has 0 aliphatic heterocycles. The van der Waals surface area contributed by atoms with E-state index in [4.69, 9.17) is 9.47 Å². The van der Waals surface area contributed by atoms with Crippen LogP contribution in [0.2, 0.25) is 0 Å². The van der Waals surface area contributed by atoms with Crippen LogP contribution in [0.25, 0.3) is 0 Å². The molecule has 5 nitrogen and oxygen atoms in total. The number of benzene rings is 2. The van der Waals surface area contributed by atoms with Gasteiger partial charge in [-0.15, -0.1) is 11.3 Å². The lowest BCUT2D eigenvalue weighted by molar-refractivity contribution is 0.0946. The maximum Gasteiger partial charge on any atom is 0.271 e. The van der Waals surface area contributed by atoms with E-state index in [2.05, 4.69) is 10.3 Å². The maximum atomic E-state index is 12.9. The molecule has 0 saturated heterocycles. The third-order valence-corrected chi connectivity index (χ3v) is 4.39. The lowest BCUT2D eigenvalue weighted by atomic mass is 10.2. The van der Waals surface area contributed by atoms with Crippen LogP contribution in [0.5, 0.6) is 11.5 Å². The molecule has 1 amide bonds. The Labute approximate surface area is 154 Å². The molecule has 134 valence electrons. The standard InChI is InChI=1S/C19H17FN2O3S/c1-24-16-4-2-3-5-17(16)25-11-18-22-15(12-26-18)19(23)21-10-13-6-8-14(20)9-7-13/h2-9,12H,10-11H2,1H3,(H,21,23). The highest BCUT2D eigenvalue weighted by Crippen LogP contribution is 2.27. The number of carbonyl (C=O) groups is 1. The van der Waals surface area contributed by atoms with Crippen LogP contribution in [0, 0.1) is 5.82 Å². The summed E-state index contributed by atoms with van der Waals surface area (Å²) in [6.45, 7) is 0.556. The summed E-state index contributed by atoms with van der Waals surface area (Å²) < 4.78 is 23.8. The monoisotopic (exact) mass is 372 g/mol. The quantitative estimate of drug-likeness (QED) is 0.685. The normalized spacial score (nSPS) is 10.4. The number of ether oxygens (including phenoxy) is 2. The van der Waals surface area contributed by atoms with E-state index in [1.165, 1.54) is 23.5 Å². The average molecular weight is 372 g/mol. The minimum absolute atomic E-state index is 0.246. The van der Waals surface area contributed by atoms with Crippen LogP contribution in [0.1, 0.15) is 21.1 Å². The number of amides is 1. The molecule has 1 aromatic heterocycles. The SMILES string of the molecule is COc1ccccc1OCc1nc(C(=O)NCc2ccc(F)cc2)cs1. The lowest BCUT2D eigenvalue weighted by Gasteiger charge is -2.08. The number of rotatable bonds is 7. The van der Waals surface area contributed by atoms with Crippen LogP contribution in [-0.2, 0) is 13.2 Å². The fourth-order valence-corrected chi connectivity index (χ4v) is 2.92. The first-order valence-corrected chi connectivity index (χ1v) is 8.76. The van der Waals surface area contributed by atoms with E-state index >= 15 is 0 Å². The highest BCUT2D eigenvalue weighted by atomic mass is 32.1. The van der Waals surface area contributed by atoms with Gasteiger partial charge in [-0.3, -0.25) is 4.79 Å². The van der Waals surface area contributed by atoms with Crippen LogP contribution < -0.4 is 14.8 Å². The summed E-state index contributed by atoms with van der Waals surface area (Å²) >= 11 is 1.35. The summed E-state index contributed by atoms with van der Waals surface area (Å²) in [5.74, 6) is 0.669. The molecule has 2 aromatic carbocycles. The van der Waals surface area contributed by atoms with Gasteiger partial charge in [0.15, 0.2) is 11.5 Å². The van der Waals surface area contributed by atoms with Crippen molar-refractivity contribution in [2.24, 2.45) is 0 Å². The highest BCUT2D eigenvalue weighted by molar-refractivity contribution is 7.09. The summed E-state index contributed by atoms with van der Waals surface area (Å²) in [5.41, 5.74) is 1.14. The Kier molecular flexibility index (Phi) is 5.80. The van der Waals surface area contributed by atoms with Crippen LogP contribution in [0.3, 0.4) is 0 Å². The highest BCUT2D eigenvalue weighted by Gasteiger charge is 2.12. The van der Waals surface area contributed by atoms with Gasteiger partial charge in [-0.05, 0) is 29.8 Å². The molecule has 0 fully saturated rings. The molecule has 0 aliphatic rings. The number of carbonyl (C=O) groups excluding carboxylic acids is 1. The zero-order valence-electron chi connectivity index (χ0n) is 14.1. The smallest absolute Gasteiger partial charge is 0.271 e. The Bertz CT molecular complexity index is 881. The fraction of sp³-hybridized carbons (Fsp3) is 0.158. The van der Waals surface area contributed by atoms with Gasteiger partial charge < -0.3 is 14.8 Å². The second kappa shape index (κ2) is 8.44. The zero-order valence-corrected chi connectivity index (χ0v) is 14.9. The summed E-state index contributed by atoms with van der Waals surface area (Å²) in [7, 11) is 1.58. The third-order valence-electron chi connectivity index (χ3n) is 3.57. The number of thiazole rings is 1. The Morgan fingerprint density at radius 3 is 2.62 bits per heavy atom. The third kappa shape index (κ3) is 4.58. The molecule has 3 aromatic rings. The number of hydrogen-bond acceptors (Lipinski definition) is 5. The Morgan fingerprint density at radius 2 is 1.88 bits per heavy atom. The summed E-state index contributed by atoms with van der Waals surface area (Å²) in [6.07, 6.45) is 0. The summed E-state index contributed by atoms with van der Waals surface area (Å²) in [5, 5.41) is 5.13. The zero-order chi connectivity index (χ0) is 18.4. The van der Waals surface area contributed by atoms with Crippen LogP contribution in [0.4, 0.5) is 4.39 Å². The van der Waals surface area contributed by atoms with E-state index in [9.17, 15) is 9.18 Å². The Morgan fingerprint density at radius 1 is 1.15 bits per heavy atom. The van der Waals surface area contributed by atoms with Crippen molar-refractivity contribution >= 4 is 17.2 Å². The van der Waals surface area contributed by atoms with Crippen LogP contribution in [-0.4, -0.2) is 18.0 Å². The molecule has 0 saturated carbocycles. The fourth-order valence-electron chi connectivity index (χ4n) is 2.23. The first-order valence-electron chi connectivity index (χ1n) is 7.88. The van der Waals surface area contributed by atoms with E-state index in [1.54, 1.807) is 24.6 Å². The van der Waals surface area contributed by atoms with E-state index in [0.717, 1.165) is 5.56 Å². The number of aromatic nitrogens is 1. The summed E-state index contributed by atoms with van der Waals surface area (Å²) in [4.78, 5) is 16.5. The second-order valence-corrected chi connectivity index (χ2v) is 6.32. The minimum atomic E-state index is -0.306. The van der Waals surface area contributed by atoms with Crippen LogP contribution in [0.15, 0.2) is 53.9 Å². The van der Waals surface area contributed by atoms with Crippen molar-refractivity contribution in [1.29, 1.82) is 0 Å². The van der Waals surface area contributed by atoms with Crippen molar-refractivity contribution in [3.8, 4) is 11.5 Å². The molecule has 0 radical (unpaired) electrons. The Hall–Kier alpha value is -2.93. The van der Waals surface area contributed by atoms with Gasteiger partial charge in [-0.1, -0.05) is 24.3 Å². The molecule has 7 heteroatoms. The van der Waals surface area contributed by atoms with Crippen molar-refractivity contribution < 1.29 is 18.7 Å². The first kappa shape index (κ1) is 17.9. The van der Waals surface area contributed by atoms with E-state index in [-0.39, 0.29) is 18.3 Å². The van der Waals surface area contributed by atoms with Crippen molar-refractivity contribution in [3.63, 3.8) is 0 Å². The molecule has 1 heterocycles. The van der Waals surface area contributed by atoms with E-state index in [0.29, 0.717) is 28.7 Å². The van der Waals surface area contributed by atoms with Gasteiger partial charge >= 0.3 is 0 Å². The van der Waals surface area contributed by atoms with Crippen molar-refractivity contribution in [1.82, 2.24) is 10.3 Å². The number of nitrogens with one attached hydrogen (secondary N) is 1. The second-order valence-electron chi connectivity index (χ2n) is 5.38. The number of nitrogens with zero attached hydrogens (tertiary/aromatic N) is 1. The van der Waals surface area contributed by atoms with Gasteiger partial charge in [0.1, 0.15) is 23.1 Å². The molecule has 26 heavy (non-hydrogen) atoms. The van der Waals surface area contributed by atoms with Gasteiger partial charge in [0, 0.05) is 11.9 Å². The number of halogens is 1. The molecular weight excluding hydrogens is 355 g/mol. The Balaban J connectivity index is 1.55. The molecule has 0 unspecified atom stereocenters. The predicted molar refractivity (Wildman–Crippen MR) is 97.0 cm³/mol. The molecule has 3 rings (SSSR count). The van der Waals surface area contributed by atoms with Gasteiger partial charge in [-0.25, -0.2) is 9.37 Å². The van der Waals surface area contributed by atoms with Gasteiger partial charge in [0.05, 0.1) is 7.11 Å². The molecule has 0 aliphatic carbocycles. The lowest BCUT2D eigenvalue weighted by Crippen LogP contribution is -2.23. The van der Waals surface area contributed by atoms with E-state index in [1.807, 2.05) is 24.3 Å². The number of hydrogen-bond donors (Lipinski definition) is 1. The van der Waals surface area contributed by atoms with Crippen molar-refractivity contribution in [3.05, 3.63) is 76.0 Å². The molecule has 0 bridgehead atoms. The first-order chi connectivity index (χ1) is 12.7. The maximum absolute atomic E-state index is 12.9. The van der Waals surface area contributed by atoms with Gasteiger partial charge in [0.2, 0.25) is 0 Å². The van der Waals surface area contributed by atoms with Gasteiger partial charge in [0.25, 0.3) is 5.91 Å². The molecular formula is C19H17FN2O3S. The van der Waals surface area contributed by atoms with Gasteiger partial charge in [-0.2, -0.15) is 0 Å². The molecule has 1 N–H and O–H groups in total. The molecule has 0 atom stereocenters. The van der Waals surface area contributed by atoms with Crippen molar-refractivity contribution in [2.45, 2.75) is 13.2 Å². The molecule has 0 spiro atoms. The van der Waals surface area contributed by atoms with Crippen LogP contribution >= 0.6 is 11.3 Å².